The molecule has 3 N–H and O–H groups in total. The third kappa shape index (κ3) is 6.02. The highest BCUT2D eigenvalue weighted by Gasteiger charge is 2.34. The molecule has 0 saturated carbocycles. The molecule has 1 aliphatic carbocycles. The fraction of sp³-hybridized carbons (Fsp3) is 0.435. The summed E-state index contributed by atoms with van der Waals surface area (Å²) in [6, 6.07) is 5.17. The highest BCUT2D eigenvalue weighted by atomic mass is 16.2. The van der Waals surface area contributed by atoms with E-state index in [0.717, 1.165) is 5.69 Å². The summed E-state index contributed by atoms with van der Waals surface area (Å²) in [4.78, 5) is 41.4. The molecule has 0 radical (unpaired) electrons. The summed E-state index contributed by atoms with van der Waals surface area (Å²) in [6.45, 7) is 1.31. The first-order valence-corrected chi connectivity index (χ1v) is 10.5. The SMILES string of the molecule is CN(C)CCC(=O)NC1=CC2C(=O)c3cc(NC(=O)CCN(C)C)ccc3NC2C=C1. The molecular formula is C23H31N5O3. The number of carbonyl (C=O) groups is 3. The second kappa shape index (κ2) is 9.89. The summed E-state index contributed by atoms with van der Waals surface area (Å²) in [5, 5.41) is 9.12. The largest absolute Gasteiger partial charge is 0.377 e. The van der Waals surface area contributed by atoms with E-state index in [0.29, 0.717) is 42.9 Å². The van der Waals surface area contributed by atoms with Crippen LogP contribution in [0, 0.1) is 5.92 Å². The standard InChI is InChI=1S/C23H31N5O3/c1-27(2)11-9-21(29)24-15-5-7-19-17(13-15)23(31)18-14-16(6-8-20(18)26-19)25-22(30)10-12-28(3)4/h5-8,13-14,17,19,26H,9-12H2,1-4H3,(H,24,29)(H,25,30). The number of Topliss-reactive ketones (excluding diaryl/α,β-unsaturated/α-hetero) is 1. The minimum Gasteiger partial charge on any atom is -0.377 e. The second-order valence-electron chi connectivity index (χ2n) is 8.50. The highest BCUT2D eigenvalue weighted by molar-refractivity contribution is 6.08. The van der Waals surface area contributed by atoms with Crippen LogP contribution in [0.3, 0.4) is 0 Å². The maximum Gasteiger partial charge on any atom is 0.225 e. The van der Waals surface area contributed by atoms with E-state index in [9.17, 15) is 14.4 Å². The molecule has 1 aliphatic heterocycles. The number of amides is 2. The van der Waals surface area contributed by atoms with Gasteiger partial charge in [-0.25, -0.2) is 0 Å². The molecule has 0 bridgehead atoms. The Bertz CT molecular complexity index is 920. The number of anilines is 2. The number of hydrogen-bond donors (Lipinski definition) is 3. The molecule has 2 atom stereocenters. The summed E-state index contributed by atoms with van der Waals surface area (Å²) >= 11 is 0. The third-order valence-corrected chi connectivity index (χ3v) is 5.28. The molecular weight excluding hydrogens is 394 g/mol. The van der Waals surface area contributed by atoms with Gasteiger partial charge in [0.15, 0.2) is 5.78 Å². The van der Waals surface area contributed by atoms with E-state index in [4.69, 9.17) is 0 Å². The Balaban J connectivity index is 1.69. The van der Waals surface area contributed by atoms with Crippen LogP contribution in [0.4, 0.5) is 11.4 Å². The predicted molar refractivity (Wildman–Crippen MR) is 122 cm³/mol. The van der Waals surface area contributed by atoms with Gasteiger partial charge in [-0.2, -0.15) is 0 Å². The van der Waals surface area contributed by atoms with Gasteiger partial charge in [-0.05, 0) is 58.5 Å². The number of nitrogens with one attached hydrogen (secondary N) is 3. The molecule has 2 unspecified atom stereocenters. The number of rotatable bonds is 8. The number of ketones is 1. The Morgan fingerprint density at radius 3 is 2.29 bits per heavy atom. The van der Waals surface area contributed by atoms with Crippen molar-refractivity contribution in [2.75, 3.05) is 51.9 Å². The molecule has 1 heterocycles. The first kappa shape index (κ1) is 22.7. The molecule has 0 spiro atoms. The smallest absolute Gasteiger partial charge is 0.225 e. The first-order valence-electron chi connectivity index (χ1n) is 10.5. The lowest BCUT2D eigenvalue weighted by atomic mass is 9.82. The van der Waals surface area contributed by atoms with Crippen LogP contribution in [0.25, 0.3) is 0 Å². The quantitative estimate of drug-likeness (QED) is 0.587. The molecule has 2 amide bonds. The average molecular weight is 426 g/mol. The lowest BCUT2D eigenvalue weighted by Crippen LogP contribution is -2.40. The van der Waals surface area contributed by atoms with Crippen molar-refractivity contribution in [1.82, 2.24) is 15.1 Å². The monoisotopic (exact) mass is 425 g/mol. The molecule has 0 aromatic heterocycles. The Morgan fingerprint density at radius 1 is 1.00 bits per heavy atom. The summed E-state index contributed by atoms with van der Waals surface area (Å²) in [5.74, 6) is -0.623. The number of benzene rings is 1. The minimum atomic E-state index is -0.415. The summed E-state index contributed by atoms with van der Waals surface area (Å²) in [5.41, 5.74) is 2.52. The molecule has 0 fully saturated rings. The lowest BCUT2D eigenvalue weighted by molar-refractivity contribution is -0.120. The van der Waals surface area contributed by atoms with Gasteiger partial charge < -0.3 is 25.8 Å². The number of fused-ring (bicyclic) bond motifs is 2. The second-order valence-corrected chi connectivity index (χ2v) is 8.50. The van der Waals surface area contributed by atoms with Crippen LogP contribution in [0.5, 0.6) is 0 Å². The minimum absolute atomic E-state index is 0.0347. The van der Waals surface area contributed by atoms with Gasteiger partial charge in [0, 0.05) is 48.6 Å². The van der Waals surface area contributed by atoms with Crippen molar-refractivity contribution in [3.8, 4) is 0 Å². The van der Waals surface area contributed by atoms with Gasteiger partial charge in [0.25, 0.3) is 0 Å². The van der Waals surface area contributed by atoms with Crippen LogP contribution in [0.15, 0.2) is 42.1 Å². The number of nitrogens with zero attached hydrogens (tertiary/aromatic N) is 2. The molecule has 166 valence electrons. The van der Waals surface area contributed by atoms with E-state index < -0.39 is 5.92 Å². The number of carbonyl (C=O) groups excluding carboxylic acids is 3. The third-order valence-electron chi connectivity index (χ3n) is 5.28. The van der Waals surface area contributed by atoms with Crippen molar-refractivity contribution in [3.63, 3.8) is 0 Å². The zero-order valence-electron chi connectivity index (χ0n) is 18.6. The summed E-state index contributed by atoms with van der Waals surface area (Å²) in [6.07, 6.45) is 6.31. The van der Waals surface area contributed by atoms with E-state index in [1.807, 2.05) is 56.2 Å². The van der Waals surface area contributed by atoms with E-state index in [1.54, 1.807) is 18.2 Å². The zero-order valence-corrected chi connectivity index (χ0v) is 18.6. The molecule has 31 heavy (non-hydrogen) atoms. The Labute approximate surface area is 183 Å². The van der Waals surface area contributed by atoms with Gasteiger partial charge in [-0.1, -0.05) is 6.08 Å². The topological polar surface area (TPSA) is 93.8 Å². The maximum absolute atomic E-state index is 13.2. The van der Waals surface area contributed by atoms with Crippen LogP contribution in [0.2, 0.25) is 0 Å². The summed E-state index contributed by atoms with van der Waals surface area (Å²) < 4.78 is 0. The van der Waals surface area contributed by atoms with Crippen molar-refractivity contribution in [1.29, 1.82) is 0 Å². The van der Waals surface area contributed by atoms with E-state index in [2.05, 4.69) is 16.0 Å². The summed E-state index contributed by atoms with van der Waals surface area (Å²) in [7, 11) is 7.66. The average Bonchev–Trinajstić information content (AvgIpc) is 2.72. The Kier molecular flexibility index (Phi) is 7.25. The fourth-order valence-electron chi connectivity index (χ4n) is 3.55. The zero-order chi connectivity index (χ0) is 22.5. The predicted octanol–water partition coefficient (Wildman–Crippen LogP) is 1.69. The van der Waals surface area contributed by atoms with Gasteiger partial charge in [0.1, 0.15) is 0 Å². The van der Waals surface area contributed by atoms with Crippen molar-refractivity contribution >= 4 is 29.0 Å². The molecule has 3 rings (SSSR count). The van der Waals surface area contributed by atoms with Crippen molar-refractivity contribution < 1.29 is 14.4 Å². The van der Waals surface area contributed by atoms with Gasteiger partial charge in [0.05, 0.1) is 12.0 Å². The molecule has 1 aromatic rings. The van der Waals surface area contributed by atoms with Crippen LogP contribution >= 0.6 is 0 Å². The first-order chi connectivity index (χ1) is 14.7. The van der Waals surface area contributed by atoms with E-state index >= 15 is 0 Å². The van der Waals surface area contributed by atoms with Crippen molar-refractivity contribution in [2.45, 2.75) is 18.9 Å². The molecule has 8 nitrogen and oxygen atoms in total. The van der Waals surface area contributed by atoms with Gasteiger partial charge in [0.2, 0.25) is 11.8 Å². The lowest BCUT2D eigenvalue weighted by Gasteiger charge is -2.33. The van der Waals surface area contributed by atoms with E-state index in [-0.39, 0.29) is 23.6 Å². The van der Waals surface area contributed by atoms with Crippen LogP contribution in [0.1, 0.15) is 23.2 Å². The normalized spacial score (nSPS) is 19.4. The van der Waals surface area contributed by atoms with Crippen LogP contribution in [-0.4, -0.2) is 74.7 Å². The van der Waals surface area contributed by atoms with Gasteiger partial charge in [-0.15, -0.1) is 0 Å². The molecule has 2 aliphatic rings. The van der Waals surface area contributed by atoms with Gasteiger partial charge >= 0.3 is 0 Å². The van der Waals surface area contributed by atoms with Crippen LogP contribution < -0.4 is 16.0 Å². The maximum atomic E-state index is 13.2. The number of allylic oxidation sites excluding steroid dienone is 1. The van der Waals surface area contributed by atoms with E-state index in [1.165, 1.54) is 0 Å². The van der Waals surface area contributed by atoms with Crippen molar-refractivity contribution in [2.24, 2.45) is 5.92 Å². The van der Waals surface area contributed by atoms with Crippen LogP contribution in [-0.2, 0) is 9.59 Å². The number of hydrogen-bond acceptors (Lipinski definition) is 6. The fourth-order valence-corrected chi connectivity index (χ4v) is 3.55. The molecule has 0 saturated heterocycles. The Morgan fingerprint density at radius 2 is 1.65 bits per heavy atom. The highest BCUT2D eigenvalue weighted by Crippen LogP contribution is 2.34. The Hall–Kier alpha value is -2.97. The molecule has 8 heteroatoms. The van der Waals surface area contributed by atoms with Crippen molar-refractivity contribution in [3.05, 3.63) is 47.7 Å². The van der Waals surface area contributed by atoms with Gasteiger partial charge in [-0.3, -0.25) is 14.4 Å². The molecule has 1 aromatic carbocycles.